The highest BCUT2D eigenvalue weighted by atomic mass is 32.2. The lowest BCUT2D eigenvalue weighted by Crippen LogP contribution is -2.15. The van der Waals surface area contributed by atoms with Crippen molar-refractivity contribution in [2.45, 2.75) is 19.6 Å². The molecule has 2 rings (SSSR count). The number of nitrogens with two attached hydrogens (primary N) is 1. The van der Waals surface area contributed by atoms with E-state index in [0.29, 0.717) is 22.5 Å². The van der Waals surface area contributed by atoms with Crippen molar-refractivity contribution in [2.24, 2.45) is 0 Å². The van der Waals surface area contributed by atoms with E-state index in [0.717, 1.165) is 0 Å². The van der Waals surface area contributed by atoms with E-state index in [2.05, 4.69) is 9.88 Å². The Morgan fingerprint density at radius 2 is 2.11 bits per heavy atom. The lowest BCUT2D eigenvalue weighted by Gasteiger charge is -2.06. The molecule has 0 unspecified atom stereocenters. The fourth-order valence-electron chi connectivity index (χ4n) is 1.59. The van der Waals surface area contributed by atoms with Gasteiger partial charge < -0.3 is 10.3 Å². The van der Waals surface area contributed by atoms with E-state index in [1.807, 2.05) is 0 Å². The fraction of sp³-hybridized carbons (Fsp3) is 0.250. The second-order valence-corrected chi connectivity index (χ2v) is 6.05. The minimum atomic E-state index is -3.55. The maximum Gasteiger partial charge on any atom is 0.241 e. The Bertz CT molecular complexity index is 692. The molecule has 0 amide bonds. The molecule has 1 heterocycles. The third kappa shape index (κ3) is 3.25. The second-order valence-electron chi connectivity index (χ2n) is 4.33. The monoisotopic (exact) mass is 281 g/mol. The number of nitrogens with one attached hydrogen (secondary N) is 1. The van der Waals surface area contributed by atoms with Gasteiger partial charge in [0.2, 0.25) is 15.9 Å². The van der Waals surface area contributed by atoms with E-state index in [-0.39, 0.29) is 11.6 Å². The summed E-state index contributed by atoms with van der Waals surface area (Å²) in [6.07, 6.45) is 0. The minimum Gasteiger partial charge on any atom is -0.399 e. The molecule has 1 aromatic heterocycles. The zero-order valence-corrected chi connectivity index (χ0v) is 11.5. The highest BCUT2D eigenvalue weighted by Crippen LogP contribution is 2.20. The topological polar surface area (TPSA) is 98.2 Å². The zero-order chi connectivity index (χ0) is 14.0. The van der Waals surface area contributed by atoms with E-state index >= 15 is 0 Å². The van der Waals surface area contributed by atoms with Crippen LogP contribution in [0.25, 0.3) is 0 Å². The van der Waals surface area contributed by atoms with Crippen LogP contribution in [0.3, 0.4) is 0 Å². The Morgan fingerprint density at radius 3 is 2.68 bits per heavy atom. The van der Waals surface area contributed by atoms with Gasteiger partial charge in [-0.15, -0.1) is 0 Å². The zero-order valence-electron chi connectivity index (χ0n) is 10.7. The number of hydrogen-bond donors (Lipinski definition) is 2. The molecule has 0 aliphatic rings. The van der Waals surface area contributed by atoms with Gasteiger partial charge in [-0.1, -0.05) is 17.3 Å². The first-order valence-corrected chi connectivity index (χ1v) is 7.30. The van der Waals surface area contributed by atoms with Gasteiger partial charge in [-0.3, -0.25) is 4.72 Å². The third-order valence-electron chi connectivity index (χ3n) is 2.71. The molecule has 7 heteroatoms. The number of nitrogens with zero attached hydrogens (tertiary/aromatic N) is 1. The van der Waals surface area contributed by atoms with E-state index in [1.54, 1.807) is 38.1 Å². The Morgan fingerprint density at radius 1 is 1.37 bits per heavy atom. The molecule has 0 spiro atoms. The number of benzene rings is 1. The van der Waals surface area contributed by atoms with Crippen molar-refractivity contribution in [2.75, 3.05) is 10.5 Å². The van der Waals surface area contributed by atoms with Crippen molar-refractivity contribution in [1.82, 2.24) is 5.16 Å². The molecule has 102 valence electrons. The lowest BCUT2D eigenvalue weighted by molar-refractivity contribution is 0.430. The van der Waals surface area contributed by atoms with Crippen molar-refractivity contribution in [1.29, 1.82) is 0 Å². The maximum atomic E-state index is 12.0. The van der Waals surface area contributed by atoms with E-state index < -0.39 is 10.0 Å². The highest BCUT2D eigenvalue weighted by Gasteiger charge is 2.17. The van der Waals surface area contributed by atoms with E-state index in [4.69, 9.17) is 10.3 Å². The summed E-state index contributed by atoms with van der Waals surface area (Å²) >= 11 is 0. The van der Waals surface area contributed by atoms with Crippen LogP contribution in [0.2, 0.25) is 0 Å². The summed E-state index contributed by atoms with van der Waals surface area (Å²) in [5, 5.41) is 3.70. The standard InChI is InChI=1S/C12H15N3O3S/c1-8-9(2)14-18-12(8)15-19(16,17)7-10-4-3-5-11(13)6-10/h3-6,15H,7,13H2,1-2H3. The summed E-state index contributed by atoms with van der Waals surface area (Å²) in [7, 11) is -3.55. The van der Waals surface area contributed by atoms with Crippen molar-refractivity contribution < 1.29 is 12.9 Å². The van der Waals surface area contributed by atoms with Crippen LogP contribution in [-0.2, 0) is 15.8 Å². The molecule has 0 aliphatic carbocycles. The SMILES string of the molecule is Cc1noc(NS(=O)(=O)Cc2cccc(N)c2)c1C. The number of aromatic nitrogens is 1. The van der Waals surface area contributed by atoms with Crippen LogP contribution in [0.1, 0.15) is 16.8 Å². The van der Waals surface area contributed by atoms with Gasteiger partial charge in [0.05, 0.1) is 11.4 Å². The number of nitrogen functional groups attached to an aromatic ring is 1. The van der Waals surface area contributed by atoms with Crippen LogP contribution in [0.4, 0.5) is 11.6 Å². The molecule has 0 atom stereocenters. The minimum absolute atomic E-state index is 0.154. The van der Waals surface area contributed by atoms with Gasteiger partial charge in [0.25, 0.3) is 0 Å². The average molecular weight is 281 g/mol. The van der Waals surface area contributed by atoms with Crippen LogP contribution in [-0.4, -0.2) is 13.6 Å². The van der Waals surface area contributed by atoms with Gasteiger partial charge in [-0.2, -0.15) is 0 Å². The predicted molar refractivity (Wildman–Crippen MR) is 73.1 cm³/mol. The summed E-state index contributed by atoms with van der Waals surface area (Å²) in [5.41, 5.74) is 8.08. The summed E-state index contributed by atoms with van der Waals surface area (Å²) in [5.74, 6) is -0.0153. The quantitative estimate of drug-likeness (QED) is 0.833. The van der Waals surface area contributed by atoms with Crippen LogP contribution in [0, 0.1) is 13.8 Å². The Hall–Kier alpha value is -2.02. The van der Waals surface area contributed by atoms with Crippen molar-refractivity contribution in [3.05, 3.63) is 41.1 Å². The number of aryl methyl sites for hydroxylation is 1. The molecule has 19 heavy (non-hydrogen) atoms. The Labute approximate surface area is 111 Å². The van der Waals surface area contributed by atoms with Crippen molar-refractivity contribution >= 4 is 21.6 Å². The summed E-state index contributed by atoms with van der Waals surface area (Å²) < 4.78 is 31.3. The number of rotatable bonds is 4. The van der Waals surface area contributed by atoms with Crippen LogP contribution >= 0.6 is 0 Å². The summed E-state index contributed by atoms with van der Waals surface area (Å²) in [6.45, 7) is 3.48. The number of sulfonamides is 1. The largest absolute Gasteiger partial charge is 0.399 e. The van der Waals surface area contributed by atoms with Gasteiger partial charge in [-0.05, 0) is 31.5 Å². The molecular weight excluding hydrogens is 266 g/mol. The second kappa shape index (κ2) is 4.93. The van der Waals surface area contributed by atoms with E-state index in [9.17, 15) is 8.42 Å². The number of hydrogen-bond acceptors (Lipinski definition) is 5. The van der Waals surface area contributed by atoms with E-state index in [1.165, 1.54) is 0 Å². The molecule has 0 aliphatic heterocycles. The summed E-state index contributed by atoms with van der Waals surface area (Å²) in [6, 6.07) is 6.74. The first-order chi connectivity index (χ1) is 8.87. The van der Waals surface area contributed by atoms with Crippen LogP contribution in [0.5, 0.6) is 0 Å². The normalized spacial score (nSPS) is 11.5. The fourth-order valence-corrected chi connectivity index (χ4v) is 2.75. The predicted octanol–water partition coefficient (Wildman–Crippen LogP) is 1.82. The molecule has 0 saturated heterocycles. The molecule has 0 radical (unpaired) electrons. The van der Waals surface area contributed by atoms with Gasteiger partial charge in [-0.25, -0.2) is 8.42 Å². The highest BCUT2D eigenvalue weighted by molar-refractivity contribution is 7.91. The molecule has 0 saturated carbocycles. The van der Waals surface area contributed by atoms with Crippen molar-refractivity contribution in [3.63, 3.8) is 0 Å². The van der Waals surface area contributed by atoms with Crippen molar-refractivity contribution in [3.8, 4) is 0 Å². The van der Waals surface area contributed by atoms with Gasteiger partial charge in [0.1, 0.15) is 0 Å². The molecule has 0 bridgehead atoms. The molecule has 0 fully saturated rings. The average Bonchev–Trinajstić information content (AvgIpc) is 2.60. The first-order valence-electron chi connectivity index (χ1n) is 5.65. The Kier molecular flexibility index (Phi) is 3.48. The number of anilines is 2. The Balaban J connectivity index is 2.17. The molecule has 1 aromatic carbocycles. The van der Waals surface area contributed by atoms with Gasteiger partial charge >= 0.3 is 0 Å². The van der Waals surface area contributed by atoms with Crippen LogP contribution < -0.4 is 10.5 Å². The van der Waals surface area contributed by atoms with Gasteiger partial charge in [0, 0.05) is 11.3 Å². The molecular formula is C12H15N3O3S. The van der Waals surface area contributed by atoms with Crippen LogP contribution in [0.15, 0.2) is 28.8 Å². The summed E-state index contributed by atoms with van der Waals surface area (Å²) in [4.78, 5) is 0. The first kappa shape index (κ1) is 13.4. The lowest BCUT2D eigenvalue weighted by atomic mass is 10.2. The third-order valence-corrected chi connectivity index (χ3v) is 3.92. The molecule has 6 nitrogen and oxygen atoms in total. The smallest absolute Gasteiger partial charge is 0.241 e. The molecule has 3 N–H and O–H groups in total. The molecule has 2 aromatic rings. The van der Waals surface area contributed by atoms with Gasteiger partial charge in [0.15, 0.2) is 0 Å². The maximum absolute atomic E-state index is 12.0.